The fraction of sp³-hybridized carbons (Fsp3) is 0.560. The van der Waals surface area contributed by atoms with Crippen LogP contribution in [0.3, 0.4) is 0 Å². The van der Waals surface area contributed by atoms with Crippen LogP contribution in [-0.2, 0) is 16.0 Å². The summed E-state index contributed by atoms with van der Waals surface area (Å²) in [6.45, 7) is 5.22. The van der Waals surface area contributed by atoms with Crippen LogP contribution >= 0.6 is 22.9 Å². The van der Waals surface area contributed by atoms with Crippen molar-refractivity contribution in [2.45, 2.75) is 51.9 Å². The maximum atomic E-state index is 13.2. The summed E-state index contributed by atoms with van der Waals surface area (Å²) in [4.78, 5) is 34.7. The SMILES string of the molecule is Cc1nc(CC(=O)N2CCCC(COc3cccc(Cl)c3)(CC(=O)N3CCCCC3)C2)cs1. The van der Waals surface area contributed by atoms with Crippen molar-refractivity contribution in [3.8, 4) is 5.75 Å². The number of nitrogens with zero attached hydrogens (tertiary/aromatic N) is 3. The maximum absolute atomic E-state index is 13.2. The molecule has 178 valence electrons. The summed E-state index contributed by atoms with van der Waals surface area (Å²) in [5.74, 6) is 0.931. The number of likely N-dealkylation sites (tertiary alicyclic amines) is 2. The summed E-state index contributed by atoms with van der Waals surface area (Å²) in [5, 5.41) is 3.53. The van der Waals surface area contributed by atoms with Crippen molar-refractivity contribution in [3.05, 3.63) is 45.4 Å². The smallest absolute Gasteiger partial charge is 0.228 e. The van der Waals surface area contributed by atoms with Crippen molar-refractivity contribution in [3.63, 3.8) is 0 Å². The van der Waals surface area contributed by atoms with Gasteiger partial charge in [0.05, 0.1) is 23.7 Å². The molecular formula is C25H32ClN3O3S. The Morgan fingerprint density at radius 2 is 1.91 bits per heavy atom. The molecule has 0 saturated carbocycles. The third-order valence-corrected chi connectivity index (χ3v) is 7.65. The fourth-order valence-electron chi connectivity index (χ4n) is 4.86. The highest BCUT2D eigenvalue weighted by Gasteiger charge is 2.41. The quantitative estimate of drug-likeness (QED) is 0.563. The van der Waals surface area contributed by atoms with Gasteiger partial charge in [-0.05, 0) is 57.2 Å². The first-order valence-electron chi connectivity index (χ1n) is 11.8. The van der Waals surface area contributed by atoms with E-state index in [4.69, 9.17) is 16.3 Å². The topological polar surface area (TPSA) is 62.7 Å². The zero-order chi connectivity index (χ0) is 23.3. The molecule has 1 aromatic heterocycles. The van der Waals surface area contributed by atoms with Crippen LogP contribution in [0.4, 0.5) is 0 Å². The van der Waals surface area contributed by atoms with E-state index in [2.05, 4.69) is 4.98 Å². The Bertz CT molecular complexity index is 975. The van der Waals surface area contributed by atoms with Gasteiger partial charge in [0.15, 0.2) is 0 Å². The summed E-state index contributed by atoms with van der Waals surface area (Å²) in [6.07, 6.45) is 5.72. The number of benzene rings is 1. The highest BCUT2D eigenvalue weighted by atomic mass is 35.5. The Balaban J connectivity index is 1.48. The Hall–Kier alpha value is -2.12. The molecule has 2 aliphatic rings. The molecule has 1 unspecified atom stereocenters. The number of ether oxygens (including phenoxy) is 1. The number of aryl methyl sites for hydroxylation is 1. The number of carbonyl (C=O) groups excluding carboxylic acids is 2. The minimum atomic E-state index is -0.414. The van der Waals surface area contributed by atoms with Gasteiger partial charge in [-0.2, -0.15) is 0 Å². The van der Waals surface area contributed by atoms with Crippen molar-refractivity contribution in [1.82, 2.24) is 14.8 Å². The Morgan fingerprint density at radius 1 is 1.12 bits per heavy atom. The summed E-state index contributed by atoms with van der Waals surface area (Å²) in [6, 6.07) is 7.33. The van der Waals surface area contributed by atoms with E-state index < -0.39 is 5.41 Å². The minimum Gasteiger partial charge on any atom is -0.493 e. The third-order valence-electron chi connectivity index (χ3n) is 6.59. The zero-order valence-electron chi connectivity index (χ0n) is 19.2. The first kappa shape index (κ1) is 24.0. The molecular weight excluding hydrogens is 458 g/mol. The molecule has 0 radical (unpaired) electrons. The highest BCUT2D eigenvalue weighted by Crippen LogP contribution is 2.36. The lowest BCUT2D eigenvalue weighted by Crippen LogP contribution is -2.51. The predicted molar refractivity (Wildman–Crippen MR) is 131 cm³/mol. The summed E-state index contributed by atoms with van der Waals surface area (Å²) in [5.41, 5.74) is 0.404. The highest BCUT2D eigenvalue weighted by molar-refractivity contribution is 7.09. The maximum Gasteiger partial charge on any atom is 0.228 e. The first-order chi connectivity index (χ1) is 15.9. The largest absolute Gasteiger partial charge is 0.493 e. The summed E-state index contributed by atoms with van der Waals surface area (Å²) in [7, 11) is 0. The van der Waals surface area contributed by atoms with Crippen LogP contribution < -0.4 is 4.74 Å². The van der Waals surface area contributed by atoms with Gasteiger partial charge in [-0.3, -0.25) is 9.59 Å². The molecule has 2 saturated heterocycles. The standard InChI is InChI=1S/C25H32ClN3O3S/c1-19-27-21(16-33-19)14-23(30)29-12-6-9-25(17-29,15-24(31)28-10-3-2-4-11-28)18-32-22-8-5-7-20(26)13-22/h5,7-8,13,16H,2-4,6,9-12,14-15,17-18H2,1H3. The number of hydrogen-bond donors (Lipinski definition) is 0. The number of carbonyl (C=O) groups is 2. The van der Waals surface area contributed by atoms with E-state index in [1.807, 2.05) is 40.3 Å². The molecule has 6 nitrogen and oxygen atoms in total. The molecule has 0 N–H and O–H groups in total. The van der Waals surface area contributed by atoms with Crippen molar-refractivity contribution < 1.29 is 14.3 Å². The van der Waals surface area contributed by atoms with Crippen molar-refractivity contribution in [2.75, 3.05) is 32.8 Å². The third kappa shape index (κ3) is 6.48. The van der Waals surface area contributed by atoms with E-state index in [1.54, 1.807) is 17.4 Å². The van der Waals surface area contributed by atoms with Gasteiger partial charge in [-0.1, -0.05) is 17.7 Å². The van der Waals surface area contributed by atoms with Crippen molar-refractivity contribution >= 4 is 34.8 Å². The Labute approximate surface area is 204 Å². The Kier molecular flexibility index (Phi) is 7.91. The number of hydrogen-bond acceptors (Lipinski definition) is 5. The summed E-state index contributed by atoms with van der Waals surface area (Å²) < 4.78 is 6.16. The molecule has 2 fully saturated rings. The molecule has 2 aromatic rings. The molecule has 1 aromatic carbocycles. The van der Waals surface area contributed by atoms with Gasteiger partial charge >= 0.3 is 0 Å². The Morgan fingerprint density at radius 3 is 2.64 bits per heavy atom. The fourth-order valence-corrected chi connectivity index (χ4v) is 5.65. The zero-order valence-corrected chi connectivity index (χ0v) is 20.8. The van der Waals surface area contributed by atoms with Crippen LogP contribution in [0.25, 0.3) is 0 Å². The number of amides is 2. The van der Waals surface area contributed by atoms with Crippen LogP contribution in [0.5, 0.6) is 5.75 Å². The molecule has 4 rings (SSSR count). The molecule has 33 heavy (non-hydrogen) atoms. The molecule has 1 atom stereocenters. The molecule has 3 heterocycles. The van der Waals surface area contributed by atoms with Gasteiger partial charge in [0, 0.05) is 48.4 Å². The summed E-state index contributed by atoms with van der Waals surface area (Å²) >= 11 is 7.69. The monoisotopic (exact) mass is 489 g/mol. The van der Waals surface area contributed by atoms with E-state index >= 15 is 0 Å². The molecule has 2 aliphatic heterocycles. The predicted octanol–water partition coefficient (Wildman–Crippen LogP) is 4.74. The average Bonchev–Trinajstić information content (AvgIpc) is 3.23. The van der Waals surface area contributed by atoms with Crippen molar-refractivity contribution in [2.24, 2.45) is 5.41 Å². The second kappa shape index (κ2) is 10.9. The number of aromatic nitrogens is 1. The lowest BCUT2D eigenvalue weighted by atomic mass is 9.77. The average molecular weight is 490 g/mol. The van der Waals surface area contributed by atoms with Gasteiger partial charge in [0.2, 0.25) is 11.8 Å². The van der Waals surface area contributed by atoms with Crippen LogP contribution in [0.15, 0.2) is 29.6 Å². The van der Waals surface area contributed by atoms with Crippen LogP contribution in [0.1, 0.15) is 49.2 Å². The van der Waals surface area contributed by atoms with Crippen LogP contribution in [0, 0.1) is 12.3 Å². The van der Waals surface area contributed by atoms with Gasteiger partial charge in [-0.25, -0.2) is 4.98 Å². The molecule has 0 spiro atoms. The number of piperidine rings is 2. The lowest BCUT2D eigenvalue weighted by molar-refractivity contribution is -0.141. The normalized spacial score (nSPS) is 21.2. The van der Waals surface area contributed by atoms with Gasteiger partial charge in [-0.15, -0.1) is 11.3 Å². The van der Waals surface area contributed by atoms with Crippen LogP contribution in [-0.4, -0.2) is 59.4 Å². The minimum absolute atomic E-state index is 0.0672. The van der Waals surface area contributed by atoms with Gasteiger partial charge in [0.25, 0.3) is 0 Å². The number of rotatable bonds is 7. The van der Waals surface area contributed by atoms with E-state index in [9.17, 15) is 9.59 Å². The molecule has 2 amide bonds. The van der Waals surface area contributed by atoms with Gasteiger partial charge < -0.3 is 14.5 Å². The lowest BCUT2D eigenvalue weighted by Gasteiger charge is -2.43. The van der Waals surface area contributed by atoms with E-state index in [0.29, 0.717) is 43.3 Å². The van der Waals surface area contributed by atoms with E-state index in [1.165, 1.54) is 6.42 Å². The molecule has 0 aliphatic carbocycles. The first-order valence-corrected chi connectivity index (χ1v) is 13.0. The van der Waals surface area contributed by atoms with Crippen LogP contribution in [0.2, 0.25) is 5.02 Å². The van der Waals surface area contributed by atoms with Crippen molar-refractivity contribution in [1.29, 1.82) is 0 Å². The van der Waals surface area contributed by atoms with E-state index in [0.717, 1.165) is 49.5 Å². The molecule has 8 heteroatoms. The number of thiazole rings is 1. The van der Waals surface area contributed by atoms with E-state index in [-0.39, 0.29) is 11.8 Å². The second-order valence-corrected chi connectivity index (χ2v) is 10.8. The second-order valence-electron chi connectivity index (χ2n) is 9.32. The molecule has 0 bridgehead atoms. The van der Waals surface area contributed by atoms with Gasteiger partial charge in [0.1, 0.15) is 5.75 Å². The number of halogens is 1.